The van der Waals surface area contributed by atoms with E-state index >= 15 is 0 Å². The number of benzene rings is 1. The van der Waals surface area contributed by atoms with Gasteiger partial charge in [-0.25, -0.2) is 0 Å². The Morgan fingerprint density at radius 1 is 1.50 bits per heavy atom. The Morgan fingerprint density at radius 3 is 2.79 bits per heavy atom. The minimum atomic E-state index is 0.0676. The maximum absolute atomic E-state index is 11.3. The van der Waals surface area contributed by atoms with E-state index in [9.17, 15) is 4.79 Å². The van der Waals surface area contributed by atoms with E-state index in [0.29, 0.717) is 12.2 Å². The fraction of sp³-hybridized carbons (Fsp3) is 0.364. The fourth-order valence-electron chi connectivity index (χ4n) is 1.71. The molecule has 14 heavy (non-hydrogen) atoms. The van der Waals surface area contributed by atoms with Crippen molar-refractivity contribution >= 4 is 21.7 Å². The van der Waals surface area contributed by atoms with Gasteiger partial charge >= 0.3 is 0 Å². The molecular weight excluding hydrogens is 244 g/mol. The Hall–Kier alpha value is -0.830. The molecule has 1 aromatic rings. The van der Waals surface area contributed by atoms with Crippen molar-refractivity contribution in [1.29, 1.82) is 0 Å². The van der Waals surface area contributed by atoms with Crippen LogP contribution in [0.25, 0.3) is 0 Å². The van der Waals surface area contributed by atoms with Crippen molar-refractivity contribution < 1.29 is 9.53 Å². The standard InChI is InChI=1S/C11H11BrO2/c1-14-11-6-7(12)2-3-9(11)8-4-5-10(8)13/h2-3,6,8H,4-5H2,1H3. The molecule has 0 radical (unpaired) electrons. The van der Waals surface area contributed by atoms with Gasteiger partial charge in [-0.3, -0.25) is 4.79 Å². The van der Waals surface area contributed by atoms with Gasteiger partial charge in [0, 0.05) is 22.4 Å². The summed E-state index contributed by atoms with van der Waals surface area (Å²) < 4.78 is 6.23. The summed E-state index contributed by atoms with van der Waals surface area (Å²) in [7, 11) is 1.63. The molecule has 2 rings (SSSR count). The van der Waals surface area contributed by atoms with E-state index < -0.39 is 0 Å². The maximum atomic E-state index is 11.3. The molecule has 0 aromatic heterocycles. The van der Waals surface area contributed by atoms with E-state index in [2.05, 4.69) is 15.9 Å². The average molecular weight is 255 g/mol. The van der Waals surface area contributed by atoms with Crippen LogP contribution in [-0.4, -0.2) is 12.9 Å². The Morgan fingerprint density at radius 2 is 2.29 bits per heavy atom. The first-order valence-corrected chi connectivity index (χ1v) is 5.38. The van der Waals surface area contributed by atoms with Gasteiger partial charge in [-0.05, 0) is 18.6 Å². The number of methoxy groups -OCH3 is 1. The van der Waals surface area contributed by atoms with Gasteiger partial charge in [0.15, 0.2) is 0 Å². The summed E-state index contributed by atoms with van der Waals surface area (Å²) in [6, 6.07) is 5.81. The predicted molar refractivity (Wildman–Crippen MR) is 57.7 cm³/mol. The fourth-order valence-corrected chi connectivity index (χ4v) is 2.05. The molecule has 3 heteroatoms. The topological polar surface area (TPSA) is 26.3 Å². The van der Waals surface area contributed by atoms with Gasteiger partial charge in [0.05, 0.1) is 7.11 Å². The SMILES string of the molecule is COc1cc(Br)ccc1C1CCC1=O. The lowest BCUT2D eigenvalue weighted by Crippen LogP contribution is -2.23. The predicted octanol–water partition coefficient (Wildman–Crippen LogP) is 2.90. The summed E-state index contributed by atoms with van der Waals surface area (Å²) in [4.78, 5) is 11.3. The number of Topliss-reactive ketones (excluding diaryl/α,β-unsaturated/α-hetero) is 1. The van der Waals surface area contributed by atoms with E-state index in [-0.39, 0.29) is 5.92 Å². The first-order chi connectivity index (χ1) is 6.72. The van der Waals surface area contributed by atoms with Gasteiger partial charge in [-0.1, -0.05) is 22.0 Å². The number of ether oxygens (including phenoxy) is 1. The van der Waals surface area contributed by atoms with Crippen molar-refractivity contribution in [1.82, 2.24) is 0 Å². The highest BCUT2D eigenvalue weighted by atomic mass is 79.9. The lowest BCUT2D eigenvalue weighted by atomic mass is 9.78. The van der Waals surface area contributed by atoms with Crippen molar-refractivity contribution in [3.05, 3.63) is 28.2 Å². The third kappa shape index (κ3) is 1.57. The van der Waals surface area contributed by atoms with Crippen LogP contribution in [0.15, 0.2) is 22.7 Å². The normalized spacial score (nSPS) is 20.4. The van der Waals surface area contributed by atoms with Crippen LogP contribution in [0.2, 0.25) is 0 Å². The molecule has 0 bridgehead atoms. The molecule has 1 atom stereocenters. The lowest BCUT2D eigenvalue weighted by Gasteiger charge is -2.25. The van der Waals surface area contributed by atoms with Crippen LogP contribution < -0.4 is 4.74 Å². The molecule has 1 aromatic carbocycles. The first-order valence-electron chi connectivity index (χ1n) is 4.58. The number of carbonyl (C=O) groups excluding carboxylic acids is 1. The van der Waals surface area contributed by atoms with E-state index in [0.717, 1.165) is 22.2 Å². The number of hydrogen-bond donors (Lipinski definition) is 0. The second-order valence-corrected chi connectivity index (χ2v) is 4.36. The molecule has 1 aliphatic rings. The van der Waals surface area contributed by atoms with Crippen molar-refractivity contribution in [2.45, 2.75) is 18.8 Å². The molecule has 74 valence electrons. The van der Waals surface area contributed by atoms with E-state index in [4.69, 9.17) is 4.74 Å². The molecule has 0 spiro atoms. The number of carbonyl (C=O) groups is 1. The smallest absolute Gasteiger partial charge is 0.140 e. The molecule has 0 aliphatic heterocycles. The highest BCUT2D eigenvalue weighted by Gasteiger charge is 2.31. The third-order valence-electron chi connectivity index (χ3n) is 2.64. The maximum Gasteiger partial charge on any atom is 0.140 e. The summed E-state index contributed by atoms with van der Waals surface area (Å²) in [5.41, 5.74) is 1.02. The average Bonchev–Trinajstić information content (AvgIpc) is 2.18. The molecule has 1 unspecified atom stereocenters. The van der Waals surface area contributed by atoms with E-state index in [1.807, 2.05) is 18.2 Å². The van der Waals surface area contributed by atoms with Crippen molar-refractivity contribution in [2.24, 2.45) is 0 Å². The van der Waals surface area contributed by atoms with Crippen LogP contribution in [0.1, 0.15) is 24.3 Å². The molecule has 1 saturated carbocycles. The highest BCUT2D eigenvalue weighted by Crippen LogP contribution is 2.38. The van der Waals surface area contributed by atoms with Gasteiger partial charge < -0.3 is 4.74 Å². The monoisotopic (exact) mass is 254 g/mol. The number of rotatable bonds is 2. The number of ketones is 1. The Bertz CT molecular complexity index is 374. The Balaban J connectivity index is 2.36. The zero-order valence-corrected chi connectivity index (χ0v) is 9.50. The van der Waals surface area contributed by atoms with Crippen molar-refractivity contribution in [2.75, 3.05) is 7.11 Å². The zero-order valence-electron chi connectivity index (χ0n) is 7.92. The van der Waals surface area contributed by atoms with Crippen LogP contribution in [0, 0.1) is 0 Å². The minimum Gasteiger partial charge on any atom is -0.496 e. The Kier molecular flexibility index (Phi) is 2.59. The summed E-state index contributed by atoms with van der Waals surface area (Å²) in [5.74, 6) is 1.20. The summed E-state index contributed by atoms with van der Waals surface area (Å²) in [5, 5.41) is 0. The second kappa shape index (κ2) is 3.73. The third-order valence-corrected chi connectivity index (χ3v) is 3.13. The molecule has 0 heterocycles. The van der Waals surface area contributed by atoms with Crippen LogP contribution in [0.4, 0.5) is 0 Å². The quantitative estimate of drug-likeness (QED) is 0.812. The summed E-state index contributed by atoms with van der Waals surface area (Å²) in [6.07, 6.45) is 1.67. The number of hydrogen-bond acceptors (Lipinski definition) is 2. The van der Waals surface area contributed by atoms with Crippen LogP contribution in [-0.2, 0) is 4.79 Å². The van der Waals surface area contributed by atoms with Crippen LogP contribution in [0.5, 0.6) is 5.75 Å². The largest absolute Gasteiger partial charge is 0.496 e. The van der Waals surface area contributed by atoms with Gasteiger partial charge in [0.1, 0.15) is 11.5 Å². The molecule has 0 amide bonds. The molecule has 1 aliphatic carbocycles. The lowest BCUT2D eigenvalue weighted by molar-refractivity contribution is -0.125. The number of halogens is 1. The minimum absolute atomic E-state index is 0.0676. The molecular formula is C11H11BrO2. The highest BCUT2D eigenvalue weighted by molar-refractivity contribution is 9.10. The summed E-state index contributed by atoms with van der Waals surface area (Å²) in [6.45, 7) is 0. The molecule has 0 N–H and O–H groups in total. The second-order valence-electron chi connectivity index (χ2n) is 3.44. The van der Waals surface area contributed by atoms with Gasteiger partial charge in [-0.2, -0.15) is 0 Å². The molecule has 1 fully saturated rings. The van der Waals surface area contributed by atoms with Gasteiger partial charge in [-0.15, -0.1) is 0 Å². The molecule has 0 saturated heterocycles. The van der Waals surface area contributed by atoms with Gasteiger partial charge in [0.25, 0.3) is 0 Å². The van der Waals surface area contributed by atoms with Crippen molar-refractivity contribution in [3.8, 4) is 5.75 Å². The summed E-state index contributed by atoms with van der Waals surface area (Å²) >= 11 is 3.38. The van der Waals surface area contributed by atoms with Crippen LogP contribution >= 0.6 is 15.9 Å². The molecule has 2 nitrogen and oxygen atoms in total. The first kappa shape index (κ1) is 9.71. The Labute approximate surface area is 91.4 Å². The van der Waals surface area contributed by atoms with Gasteiger partial charge in [0.2, 0.25) is 0 Å². The van der Waals surface area contributed by atoms with Crippen LogP contribution in [0.3, 0.4) is 0 Å². The van der Waals surface area contributed by atoms with Crippen molar-refractivity contribution in [3.63, 3.8) is 0 Å². The van der Waals surface area contributed by atoms with E-state index in [1.54, 1.807) is 7.11 Å². The zero-order chi connectivity index (χ0) is 10.1. The van der Waals surface area contributed by atoms with E-state index in [1.165, 1.54) is 0 Å².